The molecule has 0 aliphatic rings. The quantitative estimate of drug-likeness (QED) is 0.324. The number of halogens is 3. The zero-order chi connectivity index (χ0) is 23.5. The second kappa shape index (κ2) is 17.4. The van der Waals surface area contributed by atoms with Gasteiger partial charge in [-0.1, -0.05) is 57.6 Å². The van der Waals surface area contributed by atoms with Crippen LogP contribution in [-0.2, 0) is 16.0 Å². The summed E-state index contributed by atoms with van der Waals surface area (Å²) in [5.41, 5.74) is 1.22. The molecule has 1 aromatic rings. The minimum atomic E-state index is -5.08. The lowest BCUT2D eigenvalue weighted by Gasteiger charge is -2.09. The molecule has 1 aromatic carbocycles. The van der Waals surface area contributed by atoms with Crippen LogP contribution in [0.25, 0.3) is 0 Å². The SMILES string of the molecule is CCCCCCCCCOc1cccc(CCNCCC(=O)O)c1.O=C(O)C(F)(F)F. The first kappa shape index (κ1) is 28.7. The normalized spacial score (nSPS) is 10.8. The monoisotopic (exact) mass is 449 g/mol. The molecule has 0 aromatic heterocycles. The summed E-state index contributed by atoms with van der Waals surface area (Å²) < 4.78 is 37.6. The molecule has 0 heterocycles. The Morgan fingerprint density at radius 2 is 1.61 bits per heavy atom. The van der Waals surface area contributed by atoms with Gasteiger partial charge in [-0.05, 0) is 37.1 Å². The Balaban J connectivity index is 0.00000110. The molecule has 0 amide bonds. The molecule has 0 radical (unpaired) electrons. The molecule has 0 saturated heterocycles. The van der Waals surface area contributed by atoms with Gasteiger partial charge in [0.2, 0.25) is 0 Å². The first-order valence-corrected chi connectivity index (χ1v) is 10.6. The molecule has 9 heteroatoms. The Morgan fingerprint density at radius 3 is 2.19 bits per heavy atom. The van der Waals surface area contributed by atoms with Gasteiger partial charge in [0.15, 0.2) is 0 Å². The Hall–Kier alpha value is -2.29. The third kappa shape index (κ3) is 18.2. The Labute approximate surface area is 181 Å². The lowest BCUT2D eigenvalue weighted by atomic mass is 10.1. The van der Waals surface area contributed by atoms with Gasteiger partial charge in [0.05, 0.1) is 13.0 Å². The van der Waals surface area contributed by atoms with Crippen molar-refractivity contribution >= 4 is 11.9 Å². The Bertz CT molecular complexity index is 623. The van der Waals surface area contributed by atoms with Crippen molar-refractivity contribution in [2.75, 3.05) is 19.7 Å². The van der Waals surface area contributed by atoms with Crippen molar-refractivity contribution in [1.29, 1.82) is 0 Å². The van der Waals surface area contributed by atoms with Gasteiger partial charge in [-0.2, -0.15) is 13.2 Å². The van der Waals surface area contributed by atoms with Gasteiger partial charge in [0.1, 0.15) is 5.75 Å². The van der Waals surface area contributed by atoms with Gasteiger partial charge < -0.3 is 20.3 Å². The van der Waals surface area contributed by atoms with Crippen LogP contribution >= 0.6 is 0 Å². The molecule has 0 atom stereocenters. The number of unbranched alkanes of at least 4 members (excludes halogenated alkanes) is 6. The molecule has 178 valence electrons. The molecule has 6 nitrogen and oxygen atoms in total. The Morgan fingerprint density at radius 1 is 1.00 bits per heavy atom. The summed E-state index contributed by atoms with van der Waals surface area (Å²) in [7, 11) is 0. The van der Waals surface area contributed by atoms with E-state index in [0.29, 0.717) is 6.54 Å². The van der Waals surface area contributed by atoms with Crippen LogP contribution in [0.5, 0.6) is 5.75 Å². The summed E-state index contributed by atoms with van der Waals surface area (Å²) in [6, 6.07) is 8.19. The molecular weight excluding hydrogens is 415 g/mol. The van der Waals surface area contributed by atoms with Crippen LogP contribution in [0.15, 0.2) is 24.3 Å². The largest absolute Gasteiger partial charge is 0.494 e. The minimum Gasteiger partial charge on any atom is -0.494 e. The standard InChI is InChI=1S/C20H33NO3.C2HF3O2/c1-2-3-4-5-6-7-8-16-24-19-11-9-10-18(17-19)12-14-21-15-13-20(22)23;3-2(4,5)1(6)7/h9-11,17,21H,2-8,12-16H2,1H3,(H,22,23);(H,6,7). The van der Waals surface area contributed by atoms with E-state index in [1.807, 2.05) is 12.1 Å². The first-order valence-electron chi connectivity index (χ1n) is 10.6. The van der Waals surface area contributed by atoms with Gasteiger partial charge in [-0.15, -0.1) is 0 Å². The average molecular weight is 450 g/mol. The summed E-state index contributed by atoms with van der Waals surface area (Å²) in [6.45, 7) is 4.33. The van der Waals surface area contributed by atoms with E-state index in [4.69, 9.17) is 19.7 Å². The van der Waals surface area contributed by atoms with Gasteiger partial charge in [-0.25, -0.2) is 4.79 Å². The topological polar surface area (TPSA) is 95.9 Å². The highest BCUT2D eigenvalue weighted by atomic mass is 19.4. The first-order chi connectivity index (χ1) is 14.7. The maximum atomic E-state index is 10.6. The number of rotatable bonds is 15. The van der Waals surface area contributed by atoms with Gasteiger partial charge >= 0.3 is 18.1 Å². The van der Waals surface area contributed by atoms with E-state index in [9.17, 15) is 18.0 Å². The highest BCUT2D eigenvalue weighted by Crippen LogP contribution is 2.15. The molecule has 3 N–H and O–H groups in total. The molecule has 0 bridgehead atoms. The van der Waals surface area contributed by atoms with E-state index >= 15 is 0 Å². The second-order valence-electron chi connectivity index (χ2n) is 7.06. The van der Waals surface area contributed by atoms with Crippen LogP contribution in [0.1, 0.15) is 63.9 Å². The molecule has 0 unspecified atom stereocenters. The highest BCUT2D eigenvalue weighted by molar-refractivity contribution is 5.73. The van der Waals surface area contributed by atoms with Crippen molar-refractivity contribution in [1.82, 2.24) is 5.32 Å². The zero-order valence-corrected chi connectivity index (χ0v) is 18.0. The minimum absolute atomic E-state index is 0.168. The molecule has 1 rings (SSSR count). The van der Waals surface area contributed by atoms with Crippen LogP contribution in [0.2, 0.25) is 0 Å². The van der Waals surface area contributed by atoms with Crippen LogP contribution in [0.4, 0.5) is 13.2 Å². The smallest absolute Gasteiger partial charge is 0.490 e. The summed E-state index contributed by atoms with van der Waals surface area (Å²) in [5, 5.41) is 18.9. The fraction of sp³-hybridized carbons (Fsp3) is 0.636. The predicted octanol–water partition coefficient (Wildman–Crippen LogP) is 5.06. The number of carboxylic acids is 2. The van der Waals surface area contributed by atoms with Gasteiger partial charge in [0.25, 0.3) is 0 Å². The molecule has 0 saturated carbocycles. The fourth-order valence-electron chi connectivity index (χ4n) is 2.59. The van der Waals surface area contributed by atoms with Crippen LogP contribution in [0, 0.1) is 0 Å². The lowest BCUT2D eigenvalue weighted by molar-refractivity contribution is -0.192. The number of alkyl halides is 3. The van der Waals surface area contributed by atoms with Crippen LogP contribution < -0.4 is 10.1 Å². The molecule has 31 heavy (non-hydrogen) atoms. The van der Waals surface area contributed by atoms with Crippen LogP contribution in [0.3, 0.4) is 0 Å². The van der Waals surface area contributed by atoms with E-state index < -0.39 is 18.1 Å². The number of aliphatic carboxylic acids is 2. The number of nitrogens with one attached hydrogen (secondary N) is 1. The number of ether oxygens (including phenoxy) is 1. The third-order valence-corrected chi connectivity index (χ3v) is 4.26. The van der Waals surface area contributed by atoms with E-state index in [1.54, 1.807) is 0 Å². The number of hydrogen-bond acceptors (Lipinski definition) is 4. The predicted molar refractivity (Wildman–Crippen MR) is 112 cm³/mol. The summed E-state index contributed by atoms with van der Waals surface area (Å²) in [5.74, 6) is -2.58. The maximum Gasteiger partial charge on any atom is 0.490 e. The van der Waals surface area contributed by atoms with E-state index in [1.165, 1.54) is 44.1 Å². The summed E-state index contributed by atoms with van der Waals surface area (Å²) in [6.07, 6.45) is 5.01. The molecule has 0 spiro atoms. The van der Waals surface area contributed by atoms with Gasteiger partial charge in [-0.3, -0.25) is 4.79 Å². The number of hydrogen-bond donors (Lipinski definition) is 3. The van der Waals surface area contributed by atoms with Crippen molar-refractivity contribution in [2.24, 2.45) is 0 Å². The van der Waals surface area contributed by atoms with Gasteiger partial charge in [0, 0.05) is 6.54 Å². The highest BCUT2D eigenvalue weighted by Gasteiger charge is 2.38. The molecular formula is C22H34F3NO5. The summed E-state index contributed by atoms with van der Waals surface area (Å²) in [4.78, 5) is 19.3. The maximum absolute atomic E-state index is 10.6. The number of carboxylic acid groups (broad SMARTS) is 2. The molecule has 0 aliphatic carbocycles. The second-order valence-corrected chi connectivity index (χ2v) is 7.06. The van der Waals surface area contributed by atoms with Crippen LogP contribution in [-0.4, -0.2) is 48.0 Å². The average Bonchev–Trinajstić information content (AvgIpc) is 2.69. The number of benzene rings is 1. The van der Waals surface area contributed by atoms with E-state index in [2.05, 4.69) is 24.4 Å². The molecule has 0 fully saturated rings. The zero-order valence-electron chi connectivity index (χ0n) is 18.0. The van der Waals surface area contributed by atoms with E-state index in [0.717, 1.165) is 31.7 Å². The summed E-state index contributed by atoms with van der Waals surface area (Å²) >= 11 is 0. The van der Waals surface area contributed by atoms with Crippen molar-refractivity contribution in [3.63, 3.8) is 0 Å². The molecule has 0 aliphatic heterocycles. The van der Waals surface area contributed by atoms with Crippen molar-refractivity contribution in [2.45, 2.75) is 70.9 Å². The fourth-order valence-corrected chi connectivity index (χ4v) is 2.59. The van der Waals surface area contributed by atoms with E-state index in [-0.39, 0.29) is 6.42 Å². The van der Waals surface area contributed by atoms with Crippen molar-refractivity contribution < 1.29 is 37.7 Å². The van der Waals surface area contributed by atoms with Crippen molar-refractivity contribution in [3.05, 3.63) is 29.8 Å². The Kier molecular flexibility index (Phi) is 16.1. The lowest BCUT2D eigenvalue weighted by Crippen LogP contribution is -2.21. The third-order valence-electron chi connectivity index (χ3n) is 4.26. The number of carbonyl (C=O) groups is 2. The van der Waals surface area contributed by atoms with Crippen molar-refractivity contribution in [3.8, 4) is 5.75 Å².